The number of aryl methyl sites for hydroxylation is 4. The number of carbonyl (C=O) groups is 2. The van der Waals surface area contributed by atoms with Crippen molar-refractivity contribution < 1.29 is 23.5 Å². The highest BCUT2D eigenvalue weighted by atomic mass is 16.4. The van der Waals surface area contributed by atoms with Crippen LogP contribution in [0.15, 0.2) is 50.0 Å². The Bertz CT molecular complexity index is 1530. The summed E-state index contributed by atoms with van der Waals surface area (Å²) in [6.07, 6.45) is 4.34. The molecule has 0 unspecified atom stereocenters. The third-order valence-corrected chi connectivity index (χ3v) is 7.23. The predicted molar refractivity (Wildman–Crippen MR) is 134 cm³/mol. The first kappa shape index (κ1) is 23.9. The van der Waals surface area contributed by atoms with E-state index in [4.69, 9.17) is 8.83 Å². The molecule has 4 aromatic rings. The van der Waals surface area contributed by atoms with E-state index in [-0.39, 0.29) is 19.3 Å². The zero-order valence-corrected chi connectivity index (χ0v) is 20.4. The number of rotatable bonds is 7. The molecule has 2 heterocycles. The van der Waals surface area contributed by atoms with Crippen LogP contribution in [-0.4, -0.2) is 17.9 Å². The van der Waals surface area contributed by atoms with Crippen LogP contribution < -0.4 is 16.0 Å². The molecule has 5 rings (SSSR count). The normalized spacial score (nSPS) is 14.1. The highest BCUT2D eigenvalue weighted by Crippen LogP contribution is 2.38. The molecule has 2 aromatic heterocycles. The smallest absolute Gasteiger partial charge is 0.339 e. The van der Waals surface area contributed by atoms with Crippen LogP contribution in [0.5, 0.6) is 0 Å². The van der Waals surface area contributed by atoms with Crippen LogP contribution in [0.1, 0.15) is 52.8 Å². The number of amides is 1. The van der Waals surface area contributed by atoms with Gasteiger partial charge in [-0.05, 0) is 63.1 Å². The Labute approximate surface area is 208 Å². The van der Waals surface area contributed by atoms with E-state index in [1.165, 1.54) is 5.56 Å². The van der Waals surface area contributed by atoms with Gasteiger partial charge in [-0.15, -0.1) is 0 Å². The summed E-state index contributed by atoms with van der Waals surface area (Å²) in [6, 6.07) is 9.92. The van der Waals surface area contributed by atoms with Gasteiger partial charge in [0.05, 0.1) is 12.0 Å². The Hall–Kier alpha value is -3.87. The van der Waals surface area contributed by atoms with Crippen LogP contribution in [0.2, 0.25) is 0 Å². The molecule has 2 aromatic carbocycles. The SMILES string of the molecule is Cc1c(CCC(=O)N[C@@H](Cc2ccccc2)C(=O)[O-])c(=O)oc2c(C)c3oc4c(c3cc12)CCCC4. The number of hydrogen-bond donors (Lipinski definition) is 1. The summed E-state index contributed by atoms with van der Waals surface area (Å²) in [5, 5.41) is 16.0. The van der Waals surface area contributed by atoms with E-state index in [2.05, 4.69) is 5.32 Å². The second-order valence-corrected chi connectivity index (χ2v) is 9.59. The maximum atomic E-state index is 12.9. The molecule has 7 heteroatoms. The molecular weight excluding hydrogens is 458 g/mol. The lowest BCUT2D eigenvalue weighted by atomic mass is 9.93. The zero-order valence-electron chi connectivity index (χ0n) is 20.4. The van der Waals surface area contributed by atoms with Crippen molar-refractivity contribution in [2.75, 3.05) is 0 Å². The van der Waals surface area contributed by atoms with Crippen LogP contribution in [0, 0.1) is 13.8 Å². The number of fused-ring (bicyclic) bond motifs is 4. The second-order valence-electron chi connectivity index (χ2n) is 9.59. The number of carboxylic acids is 1. The van der Waals surface area contributed by atoms with Crippen molar-refractivity contribution in [3.05, 3.63) is 80.4 Å². The molecule has 0 fully saturated rings. The van der Waals surface area contributed by atoms with Gasteiger partial charge in [-0.1, -0.05) is 30.3 Å². The van der Waals surface area contributed by atoms with E-state index >= 15 is 0 Å². The molecule has 0 bridgehead atoms. The maximum Gasteiger partial charge on any atom is 0.339 e. The van der Waals surface area contributed by atoms with E-state index < -0.39 is 23.5 Å². The molecule has 0 spiro atoms. The number of nitrogens with one attached hydrogen (secondary N) is 1. The van der Waals surface area contributed by atoms with Crippen molar-refractivity contribution in [3.63, 3.8) is 0 Å². The fourth-order valence-electron chi connectivity index (χ4n) is 5.25. The largest absolute Gasteiger partial charge is 0.548 e. The molecule has 1 N–H and O–H groups in total. The van der Waals surface area contributed by atoms with Gasteiger partial charge < -0.3 is 24.1 Å². The van der Waals surface area contributed by atoms with Gasteiger partial charge in [-0.25, -0.2) is 4.79 Å². The summed E-state index contributed by atoms with van der Waals surface area (Å²) < 4.78 is 11.9. The van der Waals surface area contributed by atoms with Gasteiger partial charge in [-0.3, -0.25) is 4.79 Å². The standard InChI is InChI=1S/C29H29NO6/c1-16-19(12-13-25(31)30-23(28(32)33)14-18-8-4-3-5-9-18)29(34)36-26-17(2)27-22(15-21(16)26)20-10-6-7-11-24(20)35-27/h3-5,8-9,15,23H,6-7,10-14H2,1-2H3,(H,30,31)(H,32,33)/p-1/t23-/m0/s1. The maximum absolute atomic E-state index is 12.9. The average molecular weight is 487 g/mol. The van der Waals surface area contributed by atoms with Crippen LogP contribution in [0.4, 0.5) is 0 Å². The van der Waals surface area contributed by atoms with Crippen LogP contribution in [0.3, 0.4) is 0 Å². The molecule has 1 aliphatic rings. The van der Waals surface area contributed by atoms with Gasteiger partial charge in [0.25, 0.3) is 0 Å². The molecule has 1 amide bonds. The summed E-state index contributed by atoms with van der Waals surface area (Å²) >= 11 is 0. The molecule has 7 nitrogen and oxygen atoms in total. The summed E-state index contributed by atoms with van der Waals surface area (Å²) in [4.78, 5) is 37.1. The highest BCUT2D eigenvalue weighted by Gasteiger charge is 2.23. The first-order valence-electron chi connectivity index (χ1n) is 12.4. The lowest BCUT2D eigenvalue weighted by Crippen LogP contribution is -2.49. The Morgan fingerprint density at radius 1 is 1.00 bits per heavy atom. The Morgan fingerprint density at radius 2 is 1.72 bits per heavy atom. The third kappa shape index (κ3) is 4.41. The van der Waals surface area contributed by atoms with E-state index in [0.29, 0.717) is 11.1 Å². The number of hydrogen-bond acceptors (Lipinski definition) is 6. The molecule has 186 valence electrons. The van der Waals surface area contributed by atoms with E-state index in [1.54, 1.807) is 24.3 Å². The monoisotopic (exact) mass is 486 g/mol. The molecular formula is C29H28NO6-. The lowest BCUT2D eigenvalue weighted by molar-refractivity contribution is -0.308. The zero-order chi connectivity index (χ0) is 25.4. The Kier molecular flexibility index (Phi) is 6.39. The summed E-state index contributed by atoms with van der Waals surface area (Å²) in [7, 11) is 0. The van der Waals surface area contributed by atoms with Gasteiger partial charge in [0, 0.05) is 40.3 Å². The number of aliphatic carboxylic acids is 1. The van der Waals surface area contributed by atoms with Gasteiger partial charge in [0.2, 0.25) is 5.91 Å². The Balaban J connectivity index is 1.39. The van der Waals surface area contributed by atoms with Crippen LogP contribution >= 0.6 is 0 Å². The minimum Gasteiger partial charge on any atom is -0.548 e. The third-order valence-electron chi connectivity index (χ3n) is 7.23. The van der Waals surface area contributed by atoms with E-state index in [9.17, 15) is 19.5 Å². The minimum atomic E-state index is -1.35. The highest BCUT2D eigenvalue weighted by molar-refractivity contribution is 6.00. The fraction of sp³-hybridized carbons (Fsp3) is 0.345. The molecule has 1 aliphatic carbocycles. The molecule has 0 saturated carbocycles. The number of carboxylic acid groups (broad SMARTS) is 1. The quantitative estimate of drug-likeness (QED) is 0.401. The molecule has 1 atom stereocenters. The predicted octanol–water partition coefficient (Wildman–Crippen LogP) is 3.44. The van der Waals surface area contributed by atoms with E-state index in [1.807, 2.05) is 26.0 Å². The summed E-state index contributed by atoms with van der Waals surface area (Å²) in [5.41, 5.74) is 4.79. The number of carbonyl (C=O) groups excluding carboxylic acids is 2. The molecule has 0 saturated heterocycles. The van der Waals surface area contributed by atoms with Crippen molar-refractivity contribution in [1.29, 1.82) is 0 Å². The second kappa shape index (κ2) is 9.64. The average Bonchev–Trinajstić information content (AvgIpc) is 3.24. The number of furan rings is 1. The van der Waals surface area contributed by atoms with Crippen molar-refractivity contribution in [2.24, 2.45) is 0 Å². The summed E-state index contributed by atoms with van der Waals surface area (Å²) in [6.45, 7) is 3.77. The van der Waals surface area contributed by atoms with E-state index in [0.717, 1.165) is 64.5 Å². The van der Waals surface area contributed by atoms with Crippen molar-refractivity contribution in [2.45, 2.75) is 64.8 Å². The van der Waals surface area contributed by atoms with Crippen molar-refractivity contribution in [3.8, 4) is 0 Å². The van der Waals surface area contributed by atoms with Gasteiger partial charge in [-0.2, -0.15) is 0 Å². The number of benzene rings is 2. The first-order valence-corrected chi connectivity index (χ1v) is 12.4. The fourth-order valence-corrected chi connectivity index (χ4v) is 5.25. The van der Waals surface area contributed by atoms with Gasteiger partial charge in [0.1, 0.15) is 16.9 Å². The molecule has 0 aliphatic heterocycles. The lowest BCUT2D eigenvalue weighted by Gasteiger charge is -2.20. The Morgan fingerprint density at radius 3 is 2.47 bits per heavy atom. The van der Waals surface area contributed by atoms with Crippen molar-refractivity contribution in [1.82, 2.24) is 5.32 Å². The minimum absolute atomic E-state index is 0.0436. The molecule has 36 heavy (non-hydrogen) atoms. The van der Waals surface area contributed by atoms with Crippen LogP contribution in [0.25, 0.3) is 21.9 Å². The van der Waals surface area contributed by atoms with Gasteiger partial charge in [0.15, 0.2) is 0 Å². The molecule has 0 radical (unpaired) electrons. The van der Waals surface area contributed by atoms with Gasteiger partial charge >= 0.3 is 5.63 Å². The van der Waals surface area contributed by atoms with Crippen molar-refractivity contribution >= 4 is 33.8 Å². The summed E-state index contributed by atoms with van der Waals surface area (Å²) in [5.74, 6) is -0.796. The van der Waals surface area contributed by atoms with Crippen LogP contribution in [-0.2, 0) is 35.3 Å². The first-order chi connectivity index (χ1) is 17.3. The topological polar surface area (TPSA) is 113 Å².